The van der Waals surface area contributed by atoms with Crippen molar-refractivity contribution < 1.29 is 4.92 Å². The highest BCUT2D eigenvalue weighted by Gasteiger charge is 2.20. The molecule has 18 heavy (non-hydrogen) atoms. The molecule has 5 nitrogen and oxygen atoms in total. The largest absolute Gasteiger partial charge is 0.374 e. The summed E-state index contributed by atoms with van der Waals surface area (Å²) in [5, 5.41) is 17.9. The van der Waals surface area contributed by atoms with Gasteiger partial charge in [-0.05, 0) is 25.5 Å². The molecule has 1 aliphatic heterocycles. The van der Waals surface area contributed by atoms with Gasteiger partial charge >= 0.3 is 0 Å². The summed E-state index contributed by atoms with van der Waals surface area (Å²) in [5.41, 5.74) is 0.463. The highest BCUT2D eigenvalue weighted by Crippen LogP contribution is 2.32. The number of anilines is 1. The number of rotatable bonds is 3. The highest BCUT2D eigenvalue weighted by atomic mass is 35.5. The minimum absolute atomic E-state index is 0.0340. The average molecular weight is 270 g/mol. The molecule has 2 N–H and O–H groups in total. The minimum Gasteiger partial charge on any atom is -0.374 e. The molecule has 1 unspecified atom stereocenters. The molecule has 1 saturated heterocycles. The first-order chi connectivity index (χ1) is 8.68. The zero-order valence-corrected chi connectivity index (χ0v) is 10.7. The van der Waals surface area contributed by atoms with Gasteiger partial charge in [-0.3, -0.25) is 10.1 Å². The predicted molar refractivity (Wildman–Crippen MR) is 72.2 cm³/mol. The molecule has 1 aromatic carbocycles. The van der Waals surface area contributed by atoms with E-state index in [2.05, 4.69) is 10.6 Å². The van der Waals surface area contributed by atoms with Crippen LogP contribution in [-0.2, 0) is 0 Å². The van der Waals surface area contributed by atoms with Gasteiger partial charge in [-0.2, -0.15) is 0 Å². The third kappa shape index (κ3) is 3.11. The molecule has 98 valence electrons. The zero-order chi connectivity index (χ0) is 13.0. The molecule has 6 heteroatoms. The second kappa shape index (κ2) is 6.02. The van der Waals surface area contributed by atoms with Gasteiger partial charge < -0.3 is 10.6 Å². The summed E-state index contributed by atoms with van der Waals surface area (Å²) in [6.45, 7) is 1.81. The van der Waals surface area contributed by atoms with Crippen LogP contribution in [0.15, 0.2) is 18.2 Å². The van der Waals surface area contributed by atoms with E-state index in [4.69, 9.17) is 11.6 Å². The summed E-state index contributed by atoms with van der Waals surface area (Å²) < 4.78 is 0. The lowest BCUT2D eigenvalue weighted by Crippen LogP contribution is -2.31. The number of nitrogens with one attached hydrogen (secondary N) is 2. The first-order valence-corrected chi connectivity index (χ1v) is 6.46. The molecule has 1 heterocycles. The fourth-order valence-electron chi connectivity index (χ4n) is 2.15. The van der Waals surface area contributed by atoms with E-state index in [0.29, 0.717) is 10.7 Å². The monoisotopic (exact) mass is 269 g/mol. The zero-order valence-electron chi connectivity index (χ0n) is 9.99. The number of benzene rings is 1. The molecule has 0 radical (unpaired) electrons. The van der Waals surface area contributed by atoms with Gasteiger partial charge in [-0.15, -0.1) is 0 Å². The second-order valence-corrected chi connectivity index (χ2v) is 4.84. The van der Waals surface area contributed by atoms with Crippen LogP contribution >= 0.6 is 11.6 Å². The van der Waals surface area contributed by atoms with Crippen LogP contribution in [0.4, 0.5) is 11.4 Å². The Kier molecular flexibility index (Phi) is 4.38. The molecule has 0 aromatic heterocycles. The average Bonchev–Trinajstić information content (AvgIpc) is 2.60. The normalized spacial score (nSPS) is 20.2. The van der Waals surface area contributed by atoms with Crippen LogP contribution in [0.25, 0.3) is 0 Å². The minimum atomic E-state index is -0.404. The Bertz CT molecular complexity index is 431. The van der Waals surface area contributed by atoms with Crippen LogP contribution in [0.3, 0.4) is 0 Å². The van der Waals surface area contributed by atoms with E-state index in [1.165, 1.54) is 6.07 Å². The van der Waals surface area contributed by atoms with Crippen molar-refractivity contribution in [2.75, 3.05) is 18.4 Å². The van der Waals surface area contributed by atoms with Gasteiger partial charge in [0.25, 0.3) is 5.69 Å². The molecule has 1 aromatic rings. The lowest BCUT2D eigenvalue weighted by Gasteiger charge is -2.18. The van der Waals surface area contributed by atoms with E-state index in [1.807, 2.05) is 0 Å². The maximum Gasteiger partial charge on any atom is 0.293 e. The molecule has 1 atom stereocenters. The van der Waals surface area contributed by atoms with Crippen LogP contribution in [0.2, 0.25) is 5.02 Å². The van der Waals surface area contributed by atoms with Gasteiger partial charge in [0.15, 0.2) is 0 Å². The van der Waals surface area contributed by atoms with Gasteiger partial charge in [-0.25, -0.2) is 0 Å². The van der Waals surface area contributed by atoms with Gasteiger partial charge in [-0.1, -0.05) is 24.1 Å². The lowest BCUT2D eigenvalue weighted by molar-refractivity contribution is -0.384. The van der Waals surface area contributed by atoms with Crippen molar-refractivity contribution in [2.45, 2.75) is 25.3 Å². The molecule has 0 bridgehead atoms. The van der Waals surface area contributed by atoms with Crippen molar-refractivity contribution in [1.29, 1.82) is 0 Å². The molecular formula is C12H16ClN3O2. The standard InChI is InChI=1S/C12H16ClN3O2/c13-10-5-3-6-11(16(17)18)12(10)15-9-4-1-2-7-14-8-9/h3,5-6,9,14-15H,1-2,4,7-8H2. The Morgan fingerprint density at radius 2 is 2.28 bits per heavy atom. The summed E-state index contributed by atoms with van der Waals surface area (Å²) in [6.07, 6.45) is 3.25. The van der Waals surface area contributed by atoms with Crippen molar-refractivity contribution in [1.82, 2.24) is 5.32 Å². The molecular weight excluding hydrogens is 254 g/mol. The van der Waals surface area contributed by atoms with Crippen LogP contribution < -0.4 is 10.6 Å². The molecule has 2 rings (SSSR count). The van der Waals surface area contributed by atoms with Gasteiger partial charge in [0.05, 0.1) is 9.95 Å². The van der Waals surface area contributed by atoms with E-state index >= 15 is 0 Å². The smallest absolute Gasteiger partial charge is 0.293 e. The van der Waals surface area contributed by atoms with E-state index in [9.17, 15) is 10.1 Å². The molecule has 0 spiro atoms. The maximum atomic E-state index is 11.0. The van der Waals surface area contributed by atoms with Crippen LogP contribution in [0.5, 0.6) is 0 Å². The SMILES string of the molecule is O=[N+]([O-])c1cccc(Cl)c1NC1CCCCNC1. The fraction of sp³-hybridized carbons (Fsp3) is 0.500. The maximum absolute atomic E-state index is 11.0. The molecule has 1 aliphatic rings. The number of para-hydroxylation sites is 1. The summed E-state index contributed by atoms with van der Waals surface area (Å²) in [7, 11) is 0. The second-order valence-electron chi connectivity index (χ2n) is 4.43. The van der Waals surface area contributed by atoms with Crippen molar-refractivity contribution in [3.05, 3.63) is 33.3 Å². The Labute approximate surface area is 111 Å². The number of halogens is 1. The topological polar surface area (TPSA) is 67.2 Å². The first-order valence-electron chi connectivity index (χ1n) is 6.08. The van der Waals surface area contributed by atoms with E-state index in [-0.39, 0.29) is 11.7 Å². The number of nitro groups is 1. The molecule has 0 saturated carbocycles. The number of nitrogens with zero attached hydrogens (tertiary/aromatic N) is 1. The first kappa shape index (κ1) is 13.1. The predicted octanol–water partition coefficient (Wildman–Crippen LogP) is 2.80. The Balaban J connectivity index is 2.19. The van der Waals surface area contributed by atoms with Crippen molar-refractivity contribution in [2.24, 2.45) is 0 Å². The summed E-state index contributed by atoms with van der Waals surface area (Å²) >= 11 is 6.05. The highest BCUT2D eigenvalue weighted by molar-refractivity contribution is 6.33. The van der Waals surface area contributed by atoms with E-state index < -0.39 is 4.92 Å². The van der Waals surface area contributed by atoms with Crippen LogP contribution in [-0.4, -0.2) is 24.1 Å². The number of nitro benzene ring substituents is 1. The Morgan fingerprint density at radius 3 is 3.06 bits per heavy atom. The third-order valence-electron chi connectivity index (χ3n) is 3.08. The van der Waals surface area contributed by atoms with Crippen molar-refractivity contribution in [3.63, 3.8) is 0 Å². The fourth-order valence-corrected chi connectivity index (χ4v) is 2.38. The summed E-state index contributed by atoms with van der Waals surface area (Å²) in [6, 6.07) is 4.92. The Hall–Kier alpha value is -1.33. The van der Waals surface area contributed by atoms with Crippen molar-refractivity contribution in [3.8, 4) is 0 Å². The van der Waals surface area contributed by atoms with E-state index in [1.54, 1.807) is 12.1 Å². The summed E-state index contributed by atoms with van der Waals surface area (Å²) in [4.78, 5) is 10.6. The summed E-state index contributed by atoms with van der Waals surface area (Å²) in [5.74, 6) is 0. The van der Waals surface area contributed by atoms with Crippen LogP contribution in [0.1, 0.15) is 19.3 Å². The van der Waals surface area contributed by atoms with Crippen molar-refractivity contribution >= 4 is 23.0 Å². The van der Waals surface area contributed by atoms with E-state index in [0.717, 1.165) is 32.4 Å². The number of hydrogen-bond acceptors (Lipinski definition) is 4. The number of hydrogen-bond donors (Lipinski definition) is 2. The molecule has 0 amide bonds. The lowest BCUT2D eigenvalue weighted by atomic mass is 10.1. The van der Waals surface area contributed by atoms with Gasteiger partial charge in [0.1, 0.15) is 5.69 Å². The molecule has 0 aliphatic carbocycles. The van der Waals surface area contributed by atoms with Gasteiger partial charge in [0, 0.05) is 18.7 Å². The van der Waals surface area contributed by atoms with Crippen LogP contribution in [0, 0.1) is 10.1 Å². The Morgan fingerprint density at radius 1 is 1.44 bits per heavy atom. The molecule has 1 fully saturated rings. The van der Waals surface area contributed by atoms with Gasteiger partial charge in [0.2, 0.25) is 0 Å². The quantitative estimate of drug-likeness (QED) is 0.654. The third-order valence-corrected chi connectivity index (χ3v) is 3.40.